The van der Waals surface area contributed by atoms with Gasteiger partial charge in [0.15, 0.2) is 0 Å². The van der Waals surface area contributed by atoms with Gasteiger partial charge in [0, 0.05) is 5.41 Å². The predicted molar refractivity (Wildman–Crippen MR) is 52.9 cm³/mol. The van der Waals surface area contributed by atoms with Crippen molar-refractivity contribution < 1.29 is 0 Å². The molecule has 0 heteroatoms. The van der Waals surface area contributed by atoms with Crippen molar-refractivity contribution in [2.75, 3.05) is 0 Å². The summed E-state index contributed by atoms with van der Waals surface area (Å²) in [6.07, 6.45) is 16.5. The van der Waals surface area contributed by atoms with E-state index in [-0.39, 0.29) is 0 Å². The average molecular weight is 160 g/mol. The summed E-state index contributed by atoms with van der Waals surface area (Å²) in [6.45, 7) is 2.29. The smallest absolute Gasteiger partial charge is 0.0126 e. The first kappa shape index (κ1) is 7.85. The van der Waals surface area contributed by atoms with Crippen molar-refractivity contribution in [1.82, 2.24) is 0 Å². The third kappa shape index (κ3) is 1.06. The summed E-state index contributed by atoms with van der Waals surface area (Å²) in [5.41, 5.74) is 2.08. The SMILES string of the molecule is CCC1(C2=CCC2)C=CC=CC1. The molecule has 2 aliphatic rings. The molecule has 0 aromatic heterocycles. The summed E-state index contributed by atoms with van der Waals surface area (Å²) < 4.78 is 0. The van der Waals surface area contributed by atoms with Gasteiger partial charge in [-0.2, -0.15) is 0 Å². The molecule has 0 amide bonds. The molecular formula is C12H16. The number of hydrogen-bond donors (Lipinski definition) is 0. The minimum Gasteiger partial charge on any atom is -0.0841 e. The minimum atomic E-state index is 0.410. The Morgan fingerprint density at radius 1 is 1.42 bits per heavy atom. The molecule has 2 aliphatic carbocycles. The van der Waals surface area contributed by atoms with Crippen LogP contribution < -0.4 is 0 Å². The lowest BCUT2D eigenvalue weighted by Crippen LogP contribution is -2.23. The Morgan fingerprint density at radius 2 is 2.25 bits per heavy atom. The maximum Gasteiger partial charge on any atom is 0.0126 e. The van der Waals surface area contributed by atoms with Crippen LogP contribution in [0.2, 0.25) is 0 Å². The molecule has 0 spiro atoms. The molecule has 12 heavy (non-hydrogen) atoms. The van der Waals surface area contributed by atoms with Gasteiger partial charge in [-0.3, -0.25) is 0 Å². The van der Waals surface area contributed by atoms with Gasteiger partial charge in [-0.05, 0) is 25.7 Å². The number of rotatable bonds is 2. The lowest BCUT2D eigenvalue weighted by atomic mass is 9.68. The van der Waals surface area contributed by atoms with Crippen molar-refractivity contribution in [1.29, 1.82) is 0 Å². The fraction of sp³-hybridized carbons (Fsp3) is 0.500. The highest BCUT2D eigenvalue weighted by molar-refractivity contribution is 5.32. The van der Waals surface area contributed by atoms with Crippen LogP contribution in [0, 0.1) is 5.41 Å². The first-order valence-electron chi connectivity index (χ1n) is 4.91. The molecular weight excluding hydrogens is 144 g/mol. The van der Waals surface area contributed by atoms with Gasteiger partial charge in [0.05, 0.1) is 0 Å². The van der Waals surface area contributed by atoms with Crippen molar-refractivity contribution in [3.8, 4) is 0 Å². The summed E-state index contributed by atoms with van der Waals surface area (Å²) in [5, 5.41) is 0. The maximum atomic E-state index is 2.41. The molecule has 0 radical (unpaired) electrons. The standard InChI is InChI=1S/C12H16/c1-2-12(11-7-6-8-11)9-4-3-5-10-12/h3-5,7,9H,2,6,8,10H2,1H3. The lowest BCUT2D eigenvalue weighted by molar-refractivity contribution is 0.412. The Bertz CT molecular complexity index is 255. The number of allylic oxidation sites excluding steroid dienone is 6. The monoisotopic (exact) mass is 160 g/mol. The molecule has 0 saturated carbocycles. The zero-order chi connectivity index (χ0) is 8.44. The minimum absolute atomic E-state index is 0.410. The highest BCUT2D eigenvalue weighted by Gasteiger charge is 2.31. The zero-order valence-electron chi connectivity index (χ0n) is 7.72. The van der Waals surface area contributed by atoms with Crippen LogP contribution >= 0.6 is 0 Å². The molecule has 1 unspecified atom stereocenters. The van der Waals surface area contributed by atoms with Crippen LogP contribution in [0.1, 0.15) is 32.6 Å². The van der Waals surface area contributed by atoms with E-state index in [4.69, 9.17) is 0 Å². The fourth-order valence-electron chi connectivity index (χ4n) is 2.13. The van der Waals surface area contributed by atoms with Crippen LogP contribution in [-0.2, 0) is 0 Å². The summed E-state index contributed by atoms with van der Waals surface area (Å²) in [7, 11) is 0. The molecule has 0 aromatic carbocycles. The molecule has 0 nitrogen and oxygen atoms in total. The molecule has 0 aromatic rings. The van der Waals surface area contributed by atoms with E-state index in [0.717, 1.165) is 0 Å². The third-order valence-electron chi connectivity index (χ3n) is 3.22. The van der Waals surface area contributed by atoms with E-state index in [2.05, 4.69) is 37.3 Å². The normalized spacial score (nSPS) is 32.9. The van der Waals surface area contributed by atoms with E-state index in [1.807, 2.05) is 0 Å². The predicted octanol–water partition coefficient (Wildman–Crippen LogP) is 3.62. The molecule has 0 heterocycles. The topological polar surface area (TPSA) is 0 Å². The van der Waals surface area contributed by atoms with Gasteiger partial charge in [-0.15, -0.1) is 0 Å². The third-order valence-corrected chi connectivity index (χ3v) is 3.22. The Kier molecular flexibility index (Phi) is 1.92. The Morgan fingerprint density at radius 3 is 2.67 bits per heavy atom. The molecule has 0 N–H and O–H groups in total. The Balaban J connectivity index is 2.24. The van der Waals surface area contributed by atoms with E-state index in [1.54, 1.807) is 5.57 Å². The number of hydrogen-bond acceptors (Lipinski definition) is 0. The maximum absolute atomic E-state index is 2.41. The summed E-state index contributed by atoms with van der Waals surface area (Å²) >= 11 is 0. The van der Waals surface area contributed by atoms with Crippen molar-refractivity contribution in [2.45, 2.75) is 32.6 Å². The first-order valence-corrected chi connectivity index (χ1v) is 4.91. The second kappa shape index (κ2) is 2.93. The van der Waals surface area contributed by atoms with E-state index in [0.29, 0.717) is 5.41 Å². The van der Waals surface area contributed by atoms with Crippen molar-refractivity contribution in [3.63, 3.8) is 0 Å². The van der Waals surface area contributed by atoms with E-state index < -0.39 is 0 Å². The van der Waals surface area contributed by atoms with Gasteiger partial charge in [-0.1, -0.05) is 42.9 Å². The highest BCUT2D eigenvalue weighted by atomic mass is 14.4. The van der Waals surface area contributed by atoms with E-state index in [1.165, 1.54) is 25.7 Å². The van der Waals surface area contributed by atoms with E-state index >= 15 is 0 Å². The van der Waals surface area contributed by atoms with Gasteiger partial charge in [-0.25, -0.2) is 0 Å². The van der Waals surface area contributed by atoms with Gasteiger partial charge < -0.3 is 0 Å². The second-order valence-electron chi connectivity index (χ2n) is 3.77. The highest BCUT2D eigenvalue weighted by Crippen LogP contribution is 2.44. The van der Waals surface area contributed by atoms with Gasteiger partial charge >= 0.3 is 0 Å². The van der Waals surface area contributed by atoms with Gasteiger partial charge in [0.2, 0.25) is 0 Å². The van der Waals surface area contributed by atoms with Crippen LogP contribution in [0.5, 0.6) is 0 Å². The lowest BCUT2D eigenvalue weighted by Gasteiger charge is -2.36. The second-order valence-corrected chi connectivity index (χ2v) is 3.77. The van der Waals surface area contributed by atoms with Crippen LogP contribution in [-0.4, -0.2) is 0 Å². The van der Waals surface area contributed by atoms with Gasteiger partial charge in [0.25, 0.3) is 0 Å². The zero-order valence-corrected chi connectivity index (χ0v) is 7.72. The molecule has 2 rings (SSSR count). The largest absolute Gasteiger partial charge is 0.0841 e. The Labute approximate surface area is 74.7 Å². The molecule has 64 valence electrons. The van der Waals surface area contributed by atoms with Gasteiger partial charge in [0.1, 0.15) is 0 Å². The summed E-state index contributed by atoms with van der Waals surface area (Å²) in [5.74, 6) is 0. The van der Waals surface area contributed by atoms with Crippen LogP contribution in [0.3, 0.4) is 0 Å². The molecule has 0 bridgehead atoms. The molecule has 1 atom stereocenters. The fourth-order valence-corrected chi connectivity index (χ4v) is 2.13. The molecule has 0 saturated heterocycles. The van der Waals surface area contributed by atoms with Crippen LogP contribution in [0.4, 0.5) is 0 Å². The average Bonchev–Trinajstić information content (AvgIpc) is 2.03. The quantitative estimate of drug-likeness (QED) is 0.541. The van der Waals surface area contributed by atoms with E-state index in [9.17, 15) is 0 Å². The molecule has 0 aliphatic heterocycles. The summed E-state index contributed by atoms with van der Waals surface area (Å²) in [4.78, 5) is 0. The first-order chi connectivity index (χ1) is 5.87. The van der Waals surface area contributed by atoms with Crippen LogP contribution in [0.15, 0.2) is 36.0 Å². The van der Waals surface area contributed by atoms with Crippen LogP contribution in [0.25, 0.3) is 0 Å². The van der Waals surface area contributed by atoms with Crippen molar-refractivity contribution >= 4 is 0 Å². The Hall–Kier alpha value is -0.780. The van der Waals surface area contributed by atoms with Crippen molar-refractivity contribution in [3.05, 3.63) is 36.0 Å². The van der Waals surface area contributed by atoms with Crippen molar-refractivity contribution in [2.24, 2.45) is 5.41 Å². The summed E-state index contributed by atoms with van der Waals surface area (Å²) in [6, 6.07) is 0. The molecule has 0 fully saturated rings.